The number of para-hydroxylation sites is 2. The van der Waals surface area contributed by atoms with Gasteiger partial charge in [0.05, 0.1) is 40.7 Å². The summed E-state index contributed by atoms with van der Waals surface area (Å²) in [5.41, 5.74) is 17.6. The fraction of sp³-hybridized carbons (Fsp3) is 0.477. The van der Waals surface area contributed by atoms with E-state index in [1.165, 1.54) is 200 Å². The molecule has 4 aliphatic heterocycles. The second kappa shape index (κ2) is 22.5. The van der Waals surface area contributed by atoms with Gasteiger partial charge >= 0.3 is 41.5 Å². The van der Waals surface area contributed by atoms with Crippen LogP contribution in [-0.4, -0.2) is 98.0 Å². The van der Waals surface area contributed by atoms with Crippen LogP contribution in [0, 0.1) is 0 Å². The number of aryl methyl sites for hydroxylation is 4. The molecule has 398 valence electrons. The summed E-state index contributed by atoms with van der Waals surface area (Å²) in [4.78, 5) is 29.3. The van der Waals surface area contributed by atoms with Crippen LogP contribution in [0.4, 0.5) is 0 Å². The molecule has 77 heavy (non-hydrogen) atoms. The predicted molar refractivity (Wildman–Crippen MR) is 306 cm³/mol. The molecule has 0 radical (unpaired) electrons. The quantitative estimate of drug-likeness (QED) is 0.130. The van der Waals surface area contributed by atoms with Crippen LogP contribution < -0.4 is 29.6 Å². The maximum absolute atomic E-state index is 12.5. The number of methoxy groups -OCH3 is 1. The van der Waals surface area contributed by atoms with Crippen LogP contribution in [-0.2, 0) is 30.9 Å². The van der Waals surface area contributed by atoms with Gasteiger partial charge in [0.15, 0.2) is 0 Å². The summed E-state index contributed by atoms with van der Waals surface area (Å²) in [6.45, 7) is 8.59. The topological polar surface area (TPSA) is 120 Å². The summed E-state index contributed by atoms with van der Waals surface area (Å²) in [6.07, 6.45) is 24.8. The molecule has 2 saturated carbocycles. The molecule has 6 aliphatic rings. The molecule has 14 rings (SSSR count). The van der Waals surface area contributed by atoms with Crippen molar-refractivity contribution in [2.45, 2.75) is 153 Å². The van der Waals surface area contributed by atoms with Crippen molar-refractivity contribution in [3.8, 4) is 22.5 Å². The third kappa shape index (κ3) is 9.62. The van der Waals surface area contributed by atoms with Crippen molar-refractivity contribution in [2.24, 2.45) is 0 Å². The Morgan fingerprint density at radius 3 is 1.35 bits per heavy atom. The summed E-state index contributed by atoms with van der Waals surface area (Å²) in [6, 6.07) is 26.1. The van der Waals surface area contributed by atoms with E-state index in [0.29, 0.717) is 34.8 Å². The normalized spacial score (nSPS) is 19.1. The smallest absolute Gasteiger partial charge is 0.870 e. The molecule has 4 aromatic carbocycles. The van der Waals surface area contributed by atoms with Gasteiger partial charge in [-0.05, 0) is 175 Å². The van der Waals surface area contributed by atoms with E-state index < -0.39 is 5.97 Å². The van der Waals surface area contributed by atoms with E-state index >= 15 is 0 Å². The van der Waals surface area contributed by atoms with Crippen molar-refractivity contribution in [3.63, 3.8) is 0 Å². The Kier molecular flexibility index (Phi) is 15.8. The monoisotopic (exact) mass is 1040 g/mol. The zero-order valence-electron chi connectivity index (χ0n) is 46.2. The van der Waals surface area contributed by atoms with Crippen LogP contribution >= 0.6 is 0 Å². The molecular weight excluding hydrogens is 968 g/mol. The van der Waals surface area contributed by atoms with E-state index in [1.54, 1.807) is 5.56 Å². The Morgan fingerprint density at radius 1 is 0.494 bits per heavy atom. The number of carbonyl (C=O) groups is 2. The van der Waals surface area contributed by atoms with Crippen LogP contribution in [0.1, 0.15) is 169 Å². The Labute approximate surface area is 476 Å². The number of nitrogens with zero attached hydrogens (tertiary/aromatic N) is 6. The molecule has 0 bridgehead atoms. The van der Waals surface area contributed by atoms with E-state index in [-0.39, 0.29) is 41.0 Å². The number of carboxylic acids is 1. The molecule has 8 aromatic rings. The van der Waals surface area contributed by atoms with Gasteiger partial charge in [0.1, 0.15) is 0 Å². The molecule has 0 atom stereocenters. The predicted octanol–water partition coefficient (Wildman–Crippen LogP) is 11.4. The van der Waals surface area contributed by atoms with Crippen molar-refractivity contribution in [2.75, 3.05) is 47.4 Å². The molecule has 2 saturated heterocycles. The Morgan fingerprint density at radius 2 is 0.922 bits per heavy atom. The van der Waals surface area contributed by atoms with Gasteiger partial charge < -0.3 is 43.4 Å². The second-order valence-corrected chi connectivity index (χ2v) is 23.6. The average molecular weight is 1050 g/mol. The number of carbonyl (C=O) groups excluding carboxylic acids is 1. The third-order valence-corrected chi connectivity index (χ3v) is 19.1. The number of fused-ring (bicyclic) bond motifs is 8. The minimum atomic E-state index is -0.846. The fourth-order valence-corrected chi connectivity index (χ4v) is 15.4. The second-order valence-electron chi connectivity index (χ2n) is 23.6. The van der Waals surface area contributed by atoms with Crippen LogP contribution in [0.2, 0.25) is 0 Å². The summed E-state index contributed by atoms with van der Waals surface area (Å²) in [5, 5.41) is 15.2. The van der Waals surface area contributed by atoms with Crippen LogP contribution in [0.25, 0.3) is 66.1 Å². The minimum Gasteiger partial charge on any atom is -0.870 e. The standard InChI is InChI=1S/C33H39N3O2.C32H37N3O2.Na.H2O/c1-34-18-14-22(15-19-34)28-21-35-16-7-17-36-29-20-24(33(37)38-2)12-13-26(29)30(23-8-4-3-5-9-23)32(36)27-11-6-10-25(28)31(27)35;1-33-17-13-21(14-18-33)27-20-34-15-6-16-35-28-19-23(32(36)37)11-12-25(28)29(22-7-3-2-4-8-22)31(35)26-10-5-9-24(27)30(26)34;;/h6,10-13,20-23H,3-5,7-9,14-19H2,1-2H3;5,9-12,19-22H,2-4,6-8,13-18H2,1H3,(H,36,37);;1H2/q;;+1;/p-1. The number of hydrogen-bond donors (Lipinski definition) is 1. The number of likely N-dealkylation sites (tertiary alicyclic amines) is 2. The molecule has 4 aromatic heterocycles. The van der Waals surface area contributed by atoms with Gasteiger partial charge in [0.25, 0.3) is 0 Å². The van der Waals surface area contributed by atoms with Crippen molar-refractivity contribution in [1.82, 2.24) is 28.1 Å². The number of rotatable bonds is 6. The van der Waals surface area contributed by atoms with Crippen LogP contribution in [0.15, 0.2) is 85.2 Å². The van der Waals surface area contributed by atoms with E-state index in [9.17, 15) is 14.7 Å². The number of carboxylic acid groups (broad SMARTS) is 1. The molecule has 2 N–H and O–H groups in total. The number of ether oxygens (including phenoxy) is 1. The molecule has 0 unspecified atom stereocenters. The molecule has 4 fully saturated rings. The Hall–Kier alpha value is -5.14. The fourth-order valence-electron chi connectivity index (χ4n) is 15.4. The number of benzene rings is 4. The van der Waals surface area contributed by atoms with Crippen molar-refractivity contribution >= 4 is 55.6 Å². The first-order chi connectivity index (χ1) is 36.7. The van der Waals surface area contributed by atoms with Gasteiger partial charge in [-0.25, -0.2) is 9.59 Å². The number of aromatic nitrogens is 4. The van der Waals surface area contributed by atoms with Crippen LogP contribution in [0.3, 0.4) is 0 Å². The van der Waals surface area contributed by atoms with E-state index in [0.717, 1.165) is 44.5 Å². The molecule has 2 aliphatic carbocycles. The molecule has 12 heteroatoms. The first-order valence-electron chi connectivity index (χ1n) is 29.0. The summed E-state index contributed by atoms with van der Waals surface area (Å²) >= 11 is 0. The molecule has 11 nitrogen and oxygen atoms in total. The zero-order valence-corrected chi connectivity index (χ0v) is 48.2. The largest absolute Gasteiger partial charge is 1.00 e. The summed E-state index contributed by atoms with van der Waals surface area (Å²) in [7, 11) is 5.96. The van der Waals surface area contributed by atoms with E-state index in [2.05, 4.69) is 109 Å². The van der Waals surface area contributed by atoms with E-state index in [1.807, 2.05) is 18.2 Å². The van der Waals surface area contributed by atoms with Gasteiger partial charge in [-0.2, -0.15) is 0 Å². The van der Waals surface area contributed by atoms with E-state index in [4.69, 9.17) is 4.74 Å². The zero-order chi connectivity index (χ0) is 50.9. The molecular formula is C65H77N6NaO5. The van der Waals surface area contributed by atoms with Gasteiger partial charge in [-0.3, -0.25) is 0 Å². The van der Waals surface area contributed by atoms with Crippen molar-refractivity contribution in [1.29, 1.82) is 0 Å². The number of aromatic carboxylic acids is 1. The molecule has 0 amide bonds. The maximum Gasteiger partial charge on any atom is 1.00 e. The van der Waals surface area contributed by atoms with Gasteiger partial charge in [0.2, 0.25) is 0 Å². The molecule has 0 spiro atoms. The summed E-state index contributed by atoms with van der Waals surface area (Å²) < 4.78 is 15.3. The Balaban J connectivity index is 0.000000160. The van der Waals surface area contributed by atoms with Gasteiger partial charge in [0, 0.05) is 82.3 Å². The average Bonchev–Trinajstić information content (AvgIpc) is 4.40. The van der Waals surface area contributed by atoms with Gasteiger partial charge in [-0.1, -0.05) is 87.1 Å². The number of piperidine rings is 2. The van der Waals surface area contributed by atoms with Crippen LogP contribution in [0.5, 0.6) is 0 Å². The van der Waals surface area contributed by atoms with Gasteiger partial charge in [-0.15, -0.1) is 0 Å². The number of esters is 1. The van der Waals surface area contributed by atoms with Crippen molar-refractivity contribution < 1.29 is 54.5 Å². The maximum atomic E-state index is 12.5. The Bertz CT molecular complexity index is 3480. The minimum absolute atomic E-state index is 0. The van der Waals surface area contributed by atoms with Crippen molar-refractivity contribution in [3.05, 3.63) is 119 Å². The first-order valence-corrected chi connectivity index (χ1v) is 29.0. The number of hydrogen-bond acceptors (Lipinski definition) is 6. The summed E-state index contributed by atoms with van der Waals surface area (Å²) in [5.74, 6) is 1.26. The third-order valence-electron chi connectivity index (χ3n) is 19.1. The first kappa shape index (κ1) is 53.8. The molecule has 8 heterocycles. The SMILES string of the molecule is CN1CCC(c2cn3c4c(cccc24)-c2c(C4CCCCC4)c4ccc(C(=O)O)cc4n2CCC3)CC1.COC(=O)c1ccc2c(C3CCCCC3)c3n(c2c1)CCCn1cc(C2CCN(C)CC2)c2cccc-3c21.[Na+].[OH-].